The van der Waals surface area contributed by atoms with Gasteiger partial charge in [0.2, 0.25) is 5.91 Å². The fourth-order valence-electron chi connectivity index (χ4n) is 5.65. The number of hydrogen-bond acceptors (Lipinski definition) is 7. The van der Waals surface area contributed by atoms with Crippen LogP contribution in [-0.2, 0) is 22.4 Å². The number of fused-ring (bicyclic) bond motifs is 3. The van der Waals surface area contributed by atoms with Gasteiger partial charge in [-0.2, -0.15) is 0 Å². The largest absolute Gasteiger partial charge is 0.493 e. The van der Waals surface area contributed by atoms with E-state index in [-0.39, 0.29) is 17.2 Å². The highest BCUT2D eigenvalue weighted by atomic mass is 16.5. The molecule has 0 unspecified atom stereocenters. The number of ether oxygens (including phenoxy) is 3. The first kappa shape index (κ1) is 28.9. The second-order valence-electron chi connectivity index (χ2n) is 11.9. The number of hydrogen-bond donors (Lipinski definition) is 2. The van der Waals surface area contributed by atoms with Gasteiger partial charge in [0.1, 0.15) is 5.60 Å². The molecule has 0 bridgehead atoms. The summed E-state index contributed by atoms with van der Waals surface area (Å²) in [5.41, 5.74) is 5.05. The number of anilines is 2. The minimum absolute atomic E-state index is 0.202. The van der Waals surface area contributed by atoms with Crippen molar-refractivity contribution >= 4 is 34.9 Å². The first-order valence-electron chi connectivity index (χ1n) is 13.7. The molecule has 0 saturated heterocycles. The van der Waals surface area contributed by atoms with Crippen LogP contribution < -0.4 is 20.1 Å². The lowest BCUT2D eigenvalue weighted by atomic mass is 9.80. The predicted octanol–water partition coefficient (Wildman–Crippen LogP) is 5.58. The van der Waals surface area contributed by atoms with E-state index in [4.69, 9.17) is 19.2 Å². The molecular weight excluding hydrogens is 534 g/mol. The predicted molar refractivity (Wildman–Crippen MR) is 161 cm³/mol. The average molecular weight is 570 g/mol. The maximum absolute atomic E-state index is 13.4. The van der Waals surface area contributed by atoms with Gasteiger partial charge in [0.15, 0.2) is 11.5 Å². The van der Waals surface area contributed by atoms with Crippen molar-refractivity contribution in [2.75, 3.05) is 24.9 Å². The summed E-state index contributed by atoms with van der Waals surface area (Å²) in [6.07, 6.45) is 1.39. The van der Waals surface area contributed by atoms with E-state index in [0.717, 1.165) is 28.0 Å². The highest BCUT2D eigenvalue weighted by molar-refractivity contribution is 6.18. The molecule has 3 aromatic rings. The van der Waals surface area contributed by atoms with Gasteiger partial charge >= 0.3 is 5.97 Å². The number of carbonyl (C=O) groups excluding carboxylic acids is 3. The Labute approximate surface area is 245 Å². The average Bonchev–Trinajstić information content (AvgIpc) is 3.25. The van der Waals surface area contributed by atoms with Crippen LogP contribution in [0.4, 0.5) is 11.4 Å². The van der Waals surface area contributed by atoms with Crippen molar-refractivity contribution in [1.29, 1.82) is 0 Å². The smallest absolute Gasteiger partial charge is 0.339 e. The molecule has 2 heterocycles. The minimum Gasteiger partial charge on any atom is -0.493 e. The Morgan fingerprint density at radius 1 is 0.952 bits per heavy atom. The molecule has 2 aliphatic rings. The van der Waals surface area contributed by atoms with Crippen molar-refractivity contribution in [2.24, 2.45) is 4.99 Å². The van der Waals surface area contributed by atoms with Gasteiger partial charge in [0.05, 0.1) is 36.7 Å². The van der Waals surface area contributed by atoms with Crippen LogP contribution in [0.15, 0.2) is 53.5 Å². The molecule has 2 N–H and O–H groups in total. The summed E-state index contributed by atoms with van der Waals surface area (Å²) in [6, 6.07) is 13.8. The Kier molecular flexibility index (Phi) is 7.30. The molecule has 2 amide bonds. The van der Waals surface area contributed by atoms with Gasteiger partial charge in [-0.3, -0.25) is 14.6 Å². The lowest BCUT2D eigenvalue weighted by Crippen LogP contribution is -2.31. The monoisotopic (exact) mass is 569 g/mol. The Bertz CT molecular complexity index is 1650. The molecule has 3 aromatic carbocycles. The normalized spacial score (nSPS) is 15.8. The third kappa shape index (κ3) is 5.59. The molecule has 0 saturated carbocycles. The zero-order valence-electron chi connectivity index (χ0n) is 24.9. The van der Waals surface area contributed by atoms with Crippen molar-refractivity contribution < 1.29 is 28.6 Å². The van der Waals surface area contributed by atoms with E-state index in [0.29, 0.717) is 35.6 Å². The van der Waals surface area contributed by atoms with Crippen LogP contribution in [0.5, 0.6) is 11.5 Å². The third-order valence-corrected chi connectivity index (χ3v) is 7.29. The van der Waals surface area contributed by atoms with Gasteiger partial charge in [-0.15, -0.1) is 0 Å². The first-order chi connectivity index (χ1) is 19.8. The topological polar surface area (TPSA) is 115 Å². The molecule has 0 spiro atoms. The Morgan fingerprint density at radius 2 is 1.71 bits per heavy atom. The molecule has 42 heavy (non-hydrogen) atoms. The first-order valence-corrected chi connectivity index (χ1v) is 13.7. The summed E-state index contributed by atoms with van der Waals surface area (Å²) >= 11 is 0. The summed E-state index contributed by atoms with van der Waals surface area (Å²) in [5, 5.41) is 5.56. The quantitative estimate of drug-likeness (QED) is 0.375. The summed E-state index contributed by atoms with van der Waals surface area (Å²) < 4.78 is 17.1. The fourth-order valence-corrected chi connectivity index (χ4v) is 5.65. The molecule has 0 radical (unpaired) electrons. The number of benzene rings is 3. The van der Waals surface area contributed by atoms with Crippen LogP contribution in [0.3, 0.4) is 0 Å². The molecule has 2 aliphatic heterocycles. The third-order valence-electron chi connectivity index (χ3n) is 7.29. The zero-order chi connectivity index (χ0) is 30.4. The van der Waals surface area contributed by atoms with Crippen LogP contribution in [0.1, 0.15) is 77.6 Å². The van der Waals surface area contributed by atoms with Gasteiger partial charge < -0.3 is 24.8 Å². The molecule has 0 atom stereocenters. The zero-order valence-corrected chi connectivity index (χ0v) is 24.9. The summed E-state index contributed by atoms with van der Waals surface area (Å²) in [6.45, 7) is 9.63. The maximum atomic E-state index is 13.4. The molecular formula is C33H35N3O6. The van der Waals surface area contributed by atoms with Crippen molar-refractivity contribution in [3.63, 3.8) is 0 Å². The summed E-state index contributed by atoms with van der Waals surface area (Å²) in [7, 11) is 2.94. The van der Waals surface area contributed by atoms with Gasteiger partial charge in [0.25, 0.3) is 5.91 Å². The van der Waals surface area contributed by atoms with E-state index < -0.39 is 23.0 Å². The van der Waals surface area contributed by atoms with E-state index in [9.17, 15) is 14.4 Å². The van der Waals surface area contributed by atoms with Crippen LogP contribution in [0.25, 0.3) is 0 Å². The van der Waals surface area contributed by atoms with E-state index >= 15 is 0 Å². The fraction of sp³-hybridized carbons (Fsp3) is 0.333. The number of nitrogens with zero attached hydrogens (tertiary/aromatic N) is 1. The van der Waals surface area contributed by atoms with Crippen molar-refractivity contribution in [1.82, 2.24) is 0 Å². The minimum atomic E-state index is -0.587. The summed E-state index contributed by atoms with van der Waals surface area (Å²) in [4.78, 5) is 42.8. The number of esters is 1. The van der Waals surface area contributed by atoms with Crippen LogP contribution in [0, 0.1) is 0 Å². The lowest BCUT2D eigenvalue weighted by Gasteiger charge is -2.31. The Balaban J connectivity index is 1.62. The van der Waals surface area contributed by atoms with E-state index in [1.807, 2.05) is 26.0 Å². The standard InChI is InChI=1S/C33H35N3O6/c1-18(37)34-22-10-8-9-20(13-22)30(38)35-25-14-19(11-12-23(25)31(39)41-7)28-27-21(16-32(2,3)36-28)15-26(40-6)29-24(27)17-33(4,5)42-29/h8-15H,16-17H2,1-7H3,(H,34,37)(H,35,38). The second-order valence-corrected chi connectivity index (χ2v) is 11.9. The van der Waals surface area contributed by atoms with Gasteiger partial charge in [-0.05, 0) is 76.1 Å². The van der Waals surface area contributed by atoms with Gasteiger partial charge in [-0.25, -0.2) is 4.79 Å². The Morgan fingerprint density at radius 3 is 2.40 bits per heavy atom. The van der Waals surface area contributed by atoms with E-state index in [1.165, 1.54) is 14.0 Å². The Hall–Kier alpha value is -4.66. The molecule has 218 valence electrons. The number of nitrogens with one attached hydrogen (secondary N) is 2. The number of carbonyl (C=O) groups is 3. The SMILES string of the molecule is COC(=O)c1ccc(C2=NC(C)(C)Cc3cc(OC)c4c(c32)CC(C)(C)O4)cc1NC(=O)c1cccc(NC(C)=O)c1. The van der Waals surface area contributed by atoms with Crippen molar-refractivity contribution in [3.05, 3.63) is 81.9 Å². The van der Waals surface area contributed by atoms with Crippen LogP contribution in [0.2, 0.25) is 0 Å². The number of aliphatic imine (C=N–C) groups is 1. The van der Waals surface area contributed by atoms with Crippen LogP contribution >= 0.6 is 0 Å². The second kappa shape index (κ2) is 10.6. The number of methoxy groups -OCH3 is 2. The highest BCUT2D eigenvalue weighted by Crippen LogP contribution is 2.48. The summed E-state index contributed by atoms with van der Waals surface area (Å²) in [5.74, 6) is 0.129. The highest BCUT2D eigenvalue weighted by Gasteiger charge is 2.40. The van der Waals surface area contributed by atoms with Crippen molar-refractivity contribution in [2.45, 2.75) is 58.6 Å². The maximum Gasteiger partial charge on any atom is 0.339 e. The molecule has 9 heteroatoms. The van der Waals surface area contributed by atoms with Gasteiger partial charge in [0, 0.05) is 41.3 Å². The number of amides is 2. The van der Waals surface area contributed by atoms with E-state index in [2.05, 4.69) is 24.5 Å². The van der Waals surface area contributed by atoms with E-state index in [1.54, 1.807) is 43.5 Å². The number of rotatable bonds is 6. The molecule has 9 nitrogen and oxygen atoms in total. The van der Waals surface area contributed by atoms with Gasteiger partial charge in [-0.1, -0.05) is 12.1 Å². The molecule has 0 aliphatic carbocycles. The van der Waals surface area contributed by atoms with Crippen molar-refractivity contribution in [3.8, 4) is 11.5 Å². The van der Waals surface area contributed by atoms with Crippen LogP contribution in [-0.4, -0.2) is 48.9 Å². The molecule has 0 aromatic heterocycles. The molecule has 0 fully saturated rings. The lowest BCUT2D eigenvalue weighted by molar-refractivity contribution is -0.114. The molecule has 5 rings (SSSR count).